The lowest BCUT2D eigenvalue weighted by molar-refractivity contribution is 1.69. The van der Waals surface area contributed by atoms with Crippen molar-refractivity contribution in [2.24, 2.45) is 0 Å². The lowest BCUT2D eigenvalue weighted by Crippen LogP contribution is -1.95. The smallest absolute Gasteiger partial charge is 0.00139 e. The molecule has 0 heterocycles. The quantitative estimate of drug-likeness (QED) is 0.179. The SMILES string of the molecule is c1cc2ccc3ccc(-c4c(-c5ccc6ccc7cccc8ccc5c6c78)c5ccccc5c5ccccc45)c4ccc(c1)c2c34. The second-order valence-electron chi connectivity index (χ2n) is 12.8. The second-order valence-corrected chi connectivity index (χ2v) is 12.8. The average Bonchev–Trinajstić information content (AvgIpc) is 3.12. The Morgan fingerprint density at radius 2 is 0.522 bits per heavy atom. The van der Waals surface area contributed by atoms with E-state index in [0.29, 0.717) is 0 Å². The molecule has 0 aliphatic carbocycles. The first-order valence-corrected chi connectivity index (χ1v) is 16.1. The van der Waals surface area contributed by atoms with Crippen LogP contribution >= 0.6 is 0 Å². The predicted molar refractivity (Wildman–Crippen MR) is 200 cm³/mol. The van der Waals surface area contributed by atoms with Crippen molar-refractivity contribution in [1.82, 2.24) is 0 Å². The van der Waals surface area contributed by atoms with Crippen molar-refractivity contribution in [2.45, 2.75) is 0 Å². The molecular weight excluding hydrogens is 553 g/mol. The summed E-state index contributed by atoms with van der Waals surface area (Å²) >= 11 is 0. The molecule has 0 aromatic heterocycles. The maximum atomic E-state index is 2.37. The minimum atomic E-state index is 1.29. The molecule has 11 aromatic rings. The first-order chi connectivity index (χ1) is 22.8. The van der Waals surface area contributed by atoms with Crippen LogP contribution in [0.3, 0.4) is 0 Å². The van der Waals surface area contributed by atoms with E-state index in [0.717, 1.165) is 0 Å². The van der Waals surface area contributed by atoms with E-state index in [-0.39, 0.29) is 0 Å². The molecule has 46 heavy (non-hydrogen) atoms. The molecule has 0 atom stereocenters. The van der Waals surface area contributed by atoms with Crippen LogP contribution in [0.1, 0.15) is 0 Å². The normalized spacial score (nSPS) is 12.3. The van der Waals surface area contributed by atoms with Gasteiger partial charge in [0.1, 0.15) is 0 Å². The highest BCUT2D eigenvalue weighted by molar-refractivity contribution is 6.32. The molecule has 0 bridgehead atoms. The minimum Gasteiger partial charge on any atom is -0.0616 e. The van der Waals surface area contributed by atoms with Crippen LogP contribution in [0, 0.1) is 0 Å². The molecule has 0 spiro atoms. The van der Waals surface area contributed by atoms with Crippen LogP contribution in [-0.2, 0) is 0 Å². The van der Waals surface area contributed by atoms with Gasteiger partial charge < -0.3 is 0 Å². The highest BCUT2D eigenvalue weighted by atomic mass is 14.2. The van der Waals surface area contributed by atoms with Crippen molar-refractivity contribution in [2.75, 3.05) is 0 Å². The number of hydrogen-bond acceptors (Lipinski definition) is 0. The van der Waals surface area contributed by atoms with E-state index in [1.54, 1.807) is 0 Å². The van der Waals surface area contributed by atoms with Crippen molar-refractivity contribution >= 4 is 86.2 Å². The summed E-state index contributed by atoms with van der Waals surface area (Å²) in [4.78, 5) is 0. The maximum Gasteiger partial charge on any atom is -0.00139 e. The molecule has 0 saturated carbocycles. The third-order valence-corrected chi connectivity index (χ3v) is 10.5. The maximum absolute atomic E-state index is 2.37. The van der Waals surface area contributed by atoms with E-state index >= 15 is 0 Å². The standard InChI is InChI=1S/C46H26/c1-3-13-35-33(11-1)34-12-2-4-14-36(34)46(40-26-22-32-18-16-28-8-6-10-30-20-24-38(40)44(32)42(28)30)45(35)39-25-21-31-17-15-27-7-5-9-29-19-23-37(39)43(31)41(27)29/h1-26H. The first-order valence-electron chi connectivity index (χ1n) is 16.1. The molecule has 0 saturated heterocycles. The Bertz CT molecular complexity index is 2780. The molecule has 210 valence electrons. The molecule has 0 heteroatoms. The highest BCUT2D eigenvalue weighted by Crippen LogP contribution is 2.50. The summed E-state index contributed by atoms with van der Waals surface area (Å²) in [6, 6.07) is 59.2. The average molecular weight is 579 g/mol. The Labute approximate surface area is 265 Å². The summed E-state index contributed by atoms with van der Waals surface area (Å²) < 4.78 is 0. The summed E-state index contributed by atoms with van der Waals surface area (Å²) in [6.07, 6.45) is 0. The minimum absolute atomic E-state index is 1.29. The zero-order chi connectivity index (χ0) is 29.9. The summed E-state index contributed by atoms with van der Waals surface area (Å²) in [5, 5.41) is 20.9. The van der Waals surface area contributed by atoms with Gasteiger partial charge in [-0.1, -0.05) is 158 Å². The first kappa shape index (κ1) is 24.4. The molecule has 0 nitrogen and oxygen atoms in total. The van der Waals surface area contributed by atoms with Gasteiger partial charge in [0.25, 0.3) is 0 Å². The van der Waals surface area contributed by atoms with Crippen LogP contribution in [0.15, 0.2) is 158 Å². The van der Waals surface area contributed by atoms with Crippen LogP contribution in [0.5, 0.6) is 0 Å². The summed E-state index contributed by atoms with van der Waals surface area (Å²) in [5.74, 6) is 0. The fourth-order valence-corrected chi connectivity index (χ4v) is 8.61. The predicted octanol–water partition coefficient (Wildman–Crippen LogP) is 13.1. The van der Waals surface area contributed by atoms with E-state index in [9.17, 15) is 0 Å². The van der Waals surface area contributed by atoms with Crippen molar-refractivity contribution in [1.29, 1.82) is 0 Å². The topological polar surface area (TPSA) is 0 Å². The van der Waals surface area contributed by atoms with E-state index in [4.69, 9.17) is 0 Å². The zero-order valence-corrected chi connectivity index (χ0v) is 25.0. The van der Waals surface area contributed by atoms with Gasteiger partial charge in [-0.3, -0.25) is 0 Å². The lowest BCUT2D eigenvalue weighted by atomic mass is 9.80. The van der Waals surface area contributed by atoms with Gasteiger partial charge in [-0.2, -0.15) is 0 Å². The van der Waals surface area contributed by atoms with Gasteiger partial charge in [0.15, 0.2) is 0 Å². The van der Waals surface area contributed by atoms with Gasteiger partial charge in [0.05, 0.1) is 0 Å². The van der Waals surface area contributed by atoms with Crippen molar-refractivity contribution in [3.8, 4) is 22.3 Å². The molecule has 0 fully saturated rings. The summed E-state index contributed by atoms with van der Waals surface area (Å²) in [5.41, 5.74) is 5.19. The molecule has 0 radical (unpaired) electrons. The number of fused-ring (bicyclic) bond motifs is 3. The Balaban J connectivity index is 1.38. The fourth-order valence-electron chi connectivity index (χ4n) is 8.61. The Morgan fingerprint density at radius 3 is 0.935 bits per heavy atom. The van der Waals surface area contributed by atoms with Gasteiger partial charge in [-0.05, 0) is 108 Å². The van der Waals surface area contributed by atoms with Crippen LogP contribution < -0.4 is 0 Å². The van der Waals surface area contributed by atoms with Gasteiger partial charge in [0, 0.05) is 0 Å². The van der Waals surface area contributed by atoms with Crippen molar-refractivity contribution < 1.29 is 0 Å². The van der Waals surface area contributed by atoms with Gasteiger partial charge in [0.2, 0.25) is 0 Å². The van der Waals surface area contributed by atoms with Crippen molar-refractivity contribution in [3.05, 3.63) is 158 Å². The fraction of sp³-hybridized carbons (Fsp3) is 0. The van der Waals surface area contributed by atoms with E-state index in [1.807, 2.05) is 0 Å². The van der Waals surface area contributed by atoms with E-state index < -0.39 is 0 Å². The molecule has 0 amide bonds. The van der Waals surface area contributed by atoms with Crippen LogP contribution in [-0.4, -0.2) is 0 Å². The molecular formula is C46H26. The lowest BCUT2D eigenvalue weighted by Gasteiger charge is -2.22. The van der Waals surface area contributed by atoms with E-state index in [2.05, 4.69) is 158 Å². The molecule has 11 rings (SSSR count). The highest BCUT2D eigenvalue weighted by Gasteiger charge is 2.22. The van der Waals surface area contributed by atoms with E-state index in [1.165, 1.54) is 108 Å². The van der Waals surface area contributed by atoms with Crippen LogP contribution in [0.25, 0.3) is 108 Å². The molecule has 0 aliphatic rings. The second kappa shape index (κ2) is 8.81. The molecule has 0 aliphatic heterocycles. The number of hydrogen-bond donors (Lipinski definition) is 0. The number of rotatable bonds is 2. The number of benzene rings is 11. The molecule has 0 unspecified atom stereocenters. The Morgan fingerprint density at radius 1 is 0.196 bits per heavy atom. The monoisotopic (exact) mass is 578 g/mol. The van der Waals surface area contributed by atoms with Crippen LogP contribution in [0.2, 0.25) is 0 Å². The van der Waals surface area contributed by atoms with Crippen LogP contribution in [0.4, 0.5) is 0 Å². The third kappa shape index (κ3) is 3.08. The van der Waals surface area contributed by atoms with Crippen molar-refractivity contribution in [3.63, 3.8) is 0 Å². The van der Waals surface area contributed by atoms with Gasteiger partial charge >= 0.3 is 0 Å². The van der Waals surface area contributed by atoms with Gasteiger partial charge in [-0.15, -0.1) is 0 Å². The Hall–Kier alpha value is -5.98. The van der Waals surface area contributed by atoms with Gasteiger partial charge in [-0.25, -0.2) is 0 Å². The zero-order valence-electron chi connectivity index (χ0n) is 25.0. The third-order valence-electron chi connectivity index (χ3n) is 10.5. The molecule has 11 aromatic carbocycles. The molecule has 0 N–H and O–H groups in total. The summed E-state index contributed by atoms with van der Waals surface area (Å²) in [6.45, 7) is 0. The Kier molecular flexibility index (Phi) is 4.66. The summed E-state index contributed by atoms with van der Waals surface area (Å²) in [7, 11) is 0. The largest absolute Gasteiger partial charge is 0.0616 e.